The number of aromatic nitrogens is 1. The van der Waals surface area contributed by atoms with Crippen LogP contribution in [-0.4, -0.2) is 4.98 Å². The molecule has 0 amide bonds. The predicted molar refractivity (Wildman–Crippen MR) is 46.7 cm³/mol. The average Bonchev–Trinajstić information content (AvgIpc) is 2.04. The van der Waals surface area contributed by atoms with Crippen molar-refractivity contribution >= 4 is 22.6 Å². The average molecular weight is 244 g/mol. The highest BCUT2D eigenvalue weighted by Gasteiger charge is 1.97. The standard InChI is InChI=1S/C7H5IN2/c8-4-6-2-1-3-10-7(6)5-9/h1-3H,4H2. The van der Waals surface area contributed by atoms with Crippen LogP contribution in [0.15, 0.2) is 18.3 Å². The van der Waals surface area contributed by atoms with Crippen LogP contribution in [0.5, 0.6) is 0 Å². The van der Waals surface area contributed by atoms with E-state index in [9.17, 15) is 0 Å². The second-order valence-electron chi connectivity index (χ2n) is 1.76. The molecule has 0 saturated heterocycles. The van der Waals surface area contributed by atoms with Crippen LogP contribution < -0.4 is 0 Å². The summed E-state index contributed by atoms with van der Waals surface area (Å²) in [6, 6.07) is 5.79. The summed E-state index contributed by atoms with van der Waals surface area (Å²) in [5, 5.41) is 8.53. The molecule has 3 heteroatoms. The molecule has 1 heterocycles. The van der Waals surface area contributed by atoms with E-state index < -0.39 is 0 Å². The minimum Gasteiger partial charge on any atom is -0.245 e. The Kier molecular flexibility index (Phi) is 2.63. The zero-order valence-electron chi connectivity index (χ0n) is 5.21. The summed E-state index contributed by atoms with van der Waals surface area (Å²) in [6.07, 6.45) is 1.63. The first-order valence-corrected chi connectivity index (χ1v) is 4.31. The summed E-state index contributed by atoms with van der Waals surface area (Å²) < 4.78 is 0.842. The van der Waals surface area contributed by atoms with E-state index in [1.165, 1.54) is 0 Å². The molecule has 0 N–H and O–H groups in total. The van der Waals surface area contributed by atoms with Gasteiger partial charge < -0.3 is 0 Å². The number of nitrogens with zero attached hydrogens (tertiary/aromatic N) is 2. The van der Waals surface area contributed by atoms with Crippen molar-refractivity contribution in [2.24, 2.45) is 0 Å². The highest BCUT2D eigenvalue weighted by atomic mass is 127. The van der Waals surface area contributed by atoms with Gasteiger partial charge in [-0.05, 0) is 11.6 Å². The predicted octanol–water partition coefficient (Wildman–Crippen LogP) is 1.89. The Balaban J connectivity index is 3.12. The molecule has 0 aromatic carbocycles. The van der Waals surface area contributed by atoms with Crippen LogP contribution in [-0.2, 0) is 4.43 Å². The SMILES string of the molecule is N#Cc1ncccc1CI. The van der Waals surface area contributed by atoms with Crippen LogP contribution in [0.3, 0.4) is 0 Å². The lowest BCUT2D eigenvalue weighted by atomic mass is 10.2. The number of hydrogen-bond donors (Lipinski definition) is 0. The van der Waals surface area contributed by atoms with Gasteiger partial charge in [0, 0.05) is 10.6 Å². The molecule has 0 aliphatic heterocycles. The van der Waals surface area contributed by atoms with E-state index in [0.717, 1.165) is 9.99 Å². The molecular weight excluding hydrogens is 239 g/mol. The number of halogens is 1. The van der Waals surface area contributed by atoms with Crippen LogP contribution in [0.4, 0.5) is 0 Å². The fraction of sp³-hybridized carbons (Fsp3) is 0.143. The van der Waals surface area contributed by atoms with Crippen LogP contribution in [0, 0.1) is 11.3 Å². The lowest BCUT2D eigenvalue weighted by Gasteiger charge is -1.94. The maximum atomic E-state index is 8.53. The van der Waals surface area contributed by atoms with Crippen molar-refractivity contribution in [1.29, 1.82) is 5.26 Å². The molecule has 0 fully saturated rings. The van der Waals surface area contributed by atoms with Crippen LogP contribution in [0.25, 0.3) is 0 Å². The highest BCUT2D eigenvalue weighted by molar-refractivity contribution is 14.1. The second kappa shape index (κ2) is 3.52. The number of pyridine rings is 1. The van der Waals surface area contributed by atoms with Crippen molar-refractivity contribution in [2.75, 3.05) is 0 Å². The molecule has 1 rings (SSSR count). The van der Waals surface area contributed by atoms with Crippen molar-refractivity contribution < 1.29 is 0 Å². The Hall–Kier alpha value is -0.630. The molecule has 0 saturated carbocycles. The minimum absolute atomic E-state index is 0.539. The number of rotatable bonds is 1. The van der Waals surface area contributed by atoms with E-state index in [0.29, 0.717) is 5.69 Å². The minimum atomic E-state index is 0.539. The maximum absolute atomic E-state index is 8.53. The third-order valence-electron chi connectivity index (χ3n) is 1.14. The summed E-state index contributed by atoms with van der Waals surface area (Å²) in [5.41, 5.74) is 1.54. The highest BCUT2D eigenvalue weighted by Crippen LogP contribution is 2.07. The largest absolute Gasteiger partial charge is 0.245 e. The summed E-state index contributed by atoms with van der Waals surface area (Å²) in [4.78, 5) is 3.90. The lowest BCUT2D eigenvalue weighted by Crippen LogP contribution is -1.87. The Morgan fingerprint density at radius 3 is 3.00 bits per heavy atom. The van der Waals surface area contributed by atoms with E-state index in [1.807, 2.05) is 18.2 Å². The van der Waals surface area contributed by atoms with E-state index >= 15 is 0 Å². The molecule has 1 aromatic heterocycles. The van der Waals surface area contributed by atoms with Gasteiger partial charge in [0.1, 0.15) is 11.8 Å². The van der Waals surface area contributed by atoms with Gasteiger partial charge in [-0.15, -0.1) is 0 Å². The third kappa shape index (κ3) is 1.45. The molecule has 10 heavy (non-hydrogen) atoms. The van der Waals surface area contributed by atoms with Gasteiger partial charge in [-0.2, -0.15) is 5.26 Å². The topological polar surface area (TPSA) is 36.7 Å². The van der Waals surface area contributed by atoms with Gasteiger partial charge in [-0.25, -0.2) is 4.98 Å². The zero-order valence-corrected chi connectivity index (χ0v) is 7.37. The molecule has 2 nitrogen and oxygen atoms in total. The van der Waals surface area contributed by atoms with Crippen LogP contribution in [0.1, 0.15) is 11.3 Å². The fourth-order valence-electron chi connectivity index (χ4n) is 0.647. The van der Waals surface area contributed by atoms with Crippen molar-refractivity contribution in [3.63, 3.8) is 0 Å². The van der Waals surface area contributed by atoms with Gasteiger partial charge in [0.05, 0.1) is 0 Å². The first-order chi connectivity index (χ1) is 4.88. The van der Waals surface area contributed by atoms with Gasteiger partial charge in [0.25, 0.3) is 0 Å². The van der Waals surface area contributed by atoms with Gasteiger partial charge in [-0.3, -0.25) is 0 Å². The molecule has 0 spiro atoms. The monoisotopic (exact) mass is 244 g/mol. The Morgan fingerprint density at radius 1 is 1.70 bits per heavy atom. The fourth-order valence-corrected chi connectivity index (χ4v) is 1.26. The summed E-state index contributed by atoms with van der Waals surface area (Å²) in [6.45, 7) is 0. The molecule has 1 aromatic rings. The Labute approximate surface area is 73.0 Å². The molecule has 0 aliphatic carbocycles. The normalized spacial score (nSPS) is 8.80. The molecule has 0 unspecified atom stereocenters. The van der Waals surface area contributed by atoms with E-state index in [2.05, 4.69) is 27.6 Å². The zero-order chi connectivity index (χ0) is 7.40. The Bertz CT molecular complexity index is 265. The molecular formula is C7H5IN2. The smallest absolute Gasteiger partial charge is 0.144 e. The van der Waals surface area contributed by atoms with Gasteiger partial charge in [0.15, 0.2) is 0 Å². The molecule has 0 aliphatic rings. The molecule has 0 atom stereocenters. The van der Waals surface area contributed by atoms with Crippen molar-refractivity contribution in [1.82, 2.24) is 4.98 Å². The first kappa shape index (κ1) is 7.48. The van der Waals surface area contributed by atoms with Crippen molar-refractivity contribution in [3.8, 4) is 6.07 Å². The summed E-state index contributed by atoms with van der Waals surface area (Å²) in [7, 11) is 0. The van der Waals surface area contributed by atoms with Gasteiger partial charge in [0.2, 0.25) is 0 Å². The van der Waals surface area contributed by atoms with E-state index in [4.69, 9.17) is 5.26 Å². The molecule has 50 valence electrons. The third-order valence-corrected chi connectivity index (χ3v) is 1.96. The van der Waals surface area contributed by atoms with E-state index in [1.54, 1.807) is 6.20 Å². The second-order valence-corrected chi connectivity index (χ2v) is 2.52. The van der Waals surface area contributed by atoms with Gasteiger partial charge >= 0.3 is 0 Å². The maximum Gasteiger partial charge on any atom is 0.144 e. The number of nitriles is 1. The molecule has 0 radical (unpaired) electrons. The van der Waals surface area contributed by atoms with Crippen molar-refractivity contribution in [3.05, 3.63) is 29.6 Å². The van der Waals surface area contributed by atoms with Crippen LogP contribution in [0.2, 0.25) is 0 Å². The molecule has 0 bridgehead atoms. The quantitative estimate of drug-likeness (QED) is 0.558. The lowest BCUT2D eigenvalue weighted by molar-refractivity contribution is 1.21. The number of hydrogen-bond acceptors (Lipinski definition) is 2. The van der Waals surface area contributed by atoms with E-state index in [-0.39, 0.29) is 0 Å². The van der Waals surface area contributed by atoms with Crippen LogP contribution >= 0.6 is 22.6 Å². The summed E-state index contributed by atoms with van der Waals surface area (Å²) in [5.74, 6) is 0. The Morgan fingerprint density at radius 2 is 2.50 bits per heavy atom. The van der Waals surface area contributed by atoms with Gasteiger partial charge in [-0.1, -0.05) is 28.7 Å². The first-order valence-electron chi connectivity index (χ1n) is 2.78. The number of alkyl halides is 1. The summed E-state index contributed by atoms with van der Waals surface area (Å²) >= 11 is 2.21. The van der Waals surface area contributed by atoms with Crippen molar-refractivity contribution in [2.45, 2.75) is 4.43 Å².